The van der Waals surface area contributed by atoms with Crippen LogP contribution in [0.15, 0.2) is 35.6 Å². The lowest BCUT2D eigenvalue weighted by Gasteiger charge is -2.33. The van der Waals surface area contributed by atoms with Gasteiger partial charge in [-0.2, -0.15) is 0 Å². The fourth-order valence-electron chi connectivity index (χ4n) is 2.87. The first-order valence-electron chi connectivity index (χ1n) is 9.11. The van der Waals surface area contributed by atoms with Crippen LogP contribution in [0.4, 0.5) is 18.9 Å². The number of benzene rings is 1. The van der Waals surface area contributed by atoms with E-state index in [1.807, 2.05) is 0 Å². The van der Waals surface area contributed by atoms with Crippen molar-refractivity contribution in [1.82, 2.24) is 9.97 Å². The first kappa shape index (κ1) is 22.4. The quantitative estimate of drug-likeness (QED) is 0.601. The Morgan fingerprint density at radius 2 is 2.13 bits per heavy atom. The number of carbonyl (C=O) groups is 1. The maximum Gasteiger partial charge on any atom is 0.275 e. The number of amidine groups is 1. The van der Waals surface area contributed by atoms with Gasteiger partial charge in [0.2, 0.25) is 5.88 Å². The molecule has 2 aromatic rings. The highest BCUT2D eigenvalue weighted by Crippen LogP contribution is 2.38. The van der Waals surface area contributed by atoms with Crippen LogP contribution in [0.2, 0.25) is 0 Å². The molecular weight excluding hydrogens is 419 g/mol. The van der Waals surface area contributed by atoms with Crippen LogP contribution < -0.4 is 15.8 Å². The molecule has 166 valence electrons. The highest BCUT2D eigenvalue weighted by Gasteiger charge is 2.46. The standard InChI is InChI=1S/C19H20F3N5O4/c1-29-4-5-31-16-8-24-14(7-25-16)17(28)26-11-2-3-13(20)12(6-11)19(18(21)22)10-30-9-15(23)27-19/h2-3,6-8,18H,4-5,9-10H2,1H3,(H2,23,27)(H,26,28)/t19-/m0/s1. The van der Waals surface area contributed by atoms with E-state index in [1.54, 1.807) is 0 Å². The summed E-state index contributed by atoms with van der Waals surface area (Å²) < 4.78 is 57.4. The zero-order chi connectivity index (χ0) is 22.4. The lowest BCUT2D eigenvalue weighted by atomic mass is 9.90. The zero-order valence-electron chi connectivity index (χ0n) is 16.5. The number of nitrogens with two attached hydrogens (primary N) is 1. The number of aromatic nitrogens is 2. The molecule has 0 aliphatic carbocycles. The largest absolute Gasteiger partial charge is 0.474 e. The maximum atomic E-state index is 14.5. The number of carbonyl (C=O) groups excluding carboxylic acids is 1. The molecule has 0 fully saturated rings. The van der Waals surface area contributed by atoms with Crippen molar-refractivity contribution < 1.29 is 32.2 Å². The molecule has 9 nitrogen and oxygen atoms in total. The van der Waals surface area contributed by atoms with Gasteiger partial charge in [-0.1, -0.05) is 0 Å². The van der Waals surface area contributed by atoms with Crippen molar-refractivity contribution in [3.63, 3.8) is 0 Å². The molecule has 31 heavy (non-hydrogen) atoms. The number of hydrogen-bond donors (Lipinski definition) is 2. The fraction of sp³-hybridized carbons (Fsp3) is 0.368. The molecule has 1 aliphatic rings. The van der Waals surface area contributed by atoms with Crippen LogP contribution >= 0.6 is 0 Å². The average molecular weight is 439 g/mol. The van der Waals surface area contributed by atoms with E-state index in [9.17, 15) is 18.0 Å². The van der Waals surface area contributed by atoms with E-state index in [0.29, 0.717) is 6.61 Å². The molecule has 0 radical (unpaired) electrons. The number of alkyl halides is 2. The number of methoxy groups -OCH3 is 1. The van der Waals surface area contributed by atoms with Gasteiger partial charge in [-0.3, -0.25) is 9.79 Å². The monoisotopic (exact) mass is 439 g/mol. The third-order valence-corrected chi connectivity index (χ3v) is 4.37. The van der Waals surface area contributed by atoms with E-state index in [4.69, 9.17) is 19.9 Å². The van der Waals surface area contributed by atoms with Crippen LogP contribution in [0.1, 0.15) is 16.1 Å². The summed E-state index contributed by atoms with van der Waals surface area (Å²) in [6.07, 6.45) is -0.658. The summed E-state index contributed by atoms with van der Waals surface area (Å²) >= 11 is 0. The van der Waals surface area contributed by atoms with E-state index >= 15 is 0 Å². The van der Waals surface area contributed by atoms with Crippen LogP contribution in [0.25, 0.3) is 0 Å². The molecule has 1 aromatic carbocycles. The summed E-state index contributed by atoms with van der Waals surface area (Å²) in [7, 11) is 1.52. The van der Waals surface area contributed by atoms with Gasteiger partial charge in [0, 0.05) is 18.4 Å². The fourth-order valence-corrected chi connectivity index (χ4v) is 2.87. The minimum absolute atomic E-state index is 0.0583. The van der Waals surface area contributed by atoms with Crippen LogP contribution in [-0.4, -0.2) is 61.7 Å². The van der Waals surface area contributed by atoms with Crippen molar-refractivity contribution in [3.8, 4) is 5.88 Å². The second-order valence-electron chi connectivity index (χ2n) is 6.55. The number of rotatable bonds is 8. The van der Waals surface area contributed by atoms with Gasteiger partial charge >= 0.3 is 0 Å². The summed E-state index contributed by atoms with van der Waals surface area (Å²) in [5.41, 5.74) is 2.79. The second kappa shape index (κ2) is 9.71. The number of ether oxygens (including phenoxy) is 3. The van der Waals surface area contributed by atoms with E-state index in [-0.39, 0.29) is 36.3 Å². The van der Waals surface area contributed by atoms with Crippen molar-refractivity contribution >= 4 is 17.4 Å². The van der Waals surface area contributed by atoms with Gasteiger partial charge in [0.1, 0.15) is 30.6 Å². The lowest BCUT2D eigenvalue weighted by Crippen LogP contribution is -2.45. The van der Waals surface area contributed by atoms with E-state index in [0.717, 1.165) is 12.1 Å². The van der Waals surface area contributed by atoms with Crippen molar-refractivity contribution in [3.05, 3.63) is 47.7 Å². The normalized spacial score (nSPS) is 18.5. The molecule has 1 aliphatic heterocycles. The molecule has 0 unspecified atom stereocenters. The molecule has 12 heteroatoms. The Bertz CT molecular complexity index is 958. The number of aliphatic imine (C=N–C) groups is 1. The molecule has 0 saturated carbocycles. The molecule has 2 heterocycles. The van der Waals surface area contributed by atoms with Gasteiger partial charge in [0.15, 0.2) is 5.54 Å². The highest BCUT2D eigenvalue weighted by atomic mass is 19.3. The number of amides is 1. The summed E-state index contributed by atoms with van der Waals surface area (Å²) in [6, 6.07) is 3.25. The Kier molecular flexibility index (Phi) is 7.02. The Morgan fingerprint density at radius 3 is 2.77 bits per heavy atom. The topological polar surface area (TPSA) is 121 Å². The van der Waals surface area contributed by atoms with E-state index in [2.05, 4.69) is 20.3 Å². The third-order valence-electron chi connectivity index (χ3n) is 4.37. The number of anilines is 1. The van der Waals surface area contributed by atoms with Gasteiger partial charge in [0.25, 0.3) is 12.3 Å². The van der Waals surface area contributed by atoms with Gasteiger partial charge < -0.3 is 25.3 Å². The van der Waals surface area contributed by atoms with Crippen LogP contribution in [-0.2, 0) is 15.0 Å². The predicted molar refractivity (Wildman–Crippen MR) is 104 cm³/mol. The number of halogens is 3. The lowest BCUT2D eigenvalue weighted by molar-refractivity contribution is -0.0145. The van der Waals surface area contributed by atoms with Crippen LogP contribution in [0.3, 0.4) is 0 Å². The molecule has 3 N–H and O–H groups in total. The summed E-state index contributed by atoms with van der Waals surface area (Å²) in [5, 5.41) is 2.47. The van der Waals surface area contributed by atoms with Gasteiger partial charge in [-0.25, -0.2) is 23.1 Å². The predicted octanol–water partition coefficient (Wildman–Crippen LogP) is 1.74. The molecule has 1 atom stereocenters. The summed E-state index contributed by atoms with van der Waals surface area (Å²) in [4.78, 5) is 24.1. The molecule has 0 saturated heterocycles. The van der Waals surface area contributed by atoms with Gasteiger partial charge in [-0.05, 0) is 18.2 Å². The van der Waals surface area contributed by atoms with Crippen molar-refractivity contribution in [1.29, 1.82) is 0 Å². The highest BCUT2D eigenvalue weighted by molar-refractivity contribution is 6.02. The third kappa shape index (κ3) is 5.09. The molecule has 0 spiro atoms. The molecule has 0 bridgehead atoms. The maximum absolute atomic E-state index is 14.5. The number of nitrogens with one attached hydrogen (secondary N) is 1. The van der Waals surface area contributed by atoms with Gasteiger partial charge in [0.05, 0.1) is 25.6 Å². The molecule has 1 amide bonds. The molecule has 3 rings (SSSR count). The number of nitrogens with zero attached hydrogens (tertiary/aromatic N) is 3. The van der Waals surface area contributed by atoms with Crippen molar-refractivity contribution in [2.24, 2.45) is 10.7 Å². The van der Waals surface area contributed by atoms with Crippen molar-refractivity contribution in [2.45, 2.75) is 12.0 Å². The Hall–Kier alpha value is -3.25. The first-order chi connectivity index (χ1) is 14.9. The molecule has 1 aromatic heterocycles. The smallest absolute Gasteiger partial charge is 0.275 e. The Labute approximate surface area is 175 Å². The zero-order valence-corrected chi connectivity index (χ0v) is 16.5. The Balaban J connectivity index is 1.80. The number of hydrogen-bond acceptors (Lipinski definition) is 8. The van der Waals surface area contributed by atoms with Crippen molar-refractivity contribution in [2.75, 3.05) is 38.9 Å². The summed E-state index contributed by atoms with van der Waals surface area (Å²) in [6.45, 7) is -0.0681. The van der Waals surface area contributed by atoms with Gasteiger partial charge in [-0.15, -0.1) is 0 Å². The minimum Gasteiger partial charge on any atom is -0.474 e. The average Bonchev–Trinajstić information content (AvgIpc) is 2.75. The first-order valence-corrected chi connectivity index (χ1v) is 9.11. The Morgan fingerprint density at radius 1 is 1.32 bits per heavy atom. The second-order valence-corrected chi connectivity index (χ2v) is 6.55. The summed E-state index contributed by atoms with van der Waals surface area (Å²) in [5.74, 6) is -1.59. The minimum atomic E-state index is -3.09. The SMILES string of the molecule is COCCOc1cnc(C(=O)Nc2ccc(F)c([C@]3(C(F)F)COCC(N)=N3)c2)cn1. The van der Waals surface area contributed by atoms with Crippen LogP contribution in [0.5, 0.6) is 5.88 Å². The van der Waals surface area contributed by atoms with E-state index in [1.165, 1.54) is 25.6 Å². The van der Waals surface area contributed by atoms with E-state index < -0.39 is 35.9 Å². The molecular formula is C19H20F3N5O4. The van der Waals surface area contributed by atoms with Crippen LogP contribution in [0, 0.1) is 5.82 Å².